The lowest BCUT2D eigenvalue weighted by Crippen LogP contribution is -2.51. The summed E-state index contributed by atoms with van der Waals surface area (Å²) in [6, 6.07) is 6.25. The minimum Gasteiger partial charge on any atom is -0.333 e. The second-order valence-corrected chi connectivity index (χ2v) is 7.54. The molecular weight excluding hydrogens is 325 g/mol. The van der Waals surface area contributed by atoms with E-state index in [0.717, 1.165) is 28.3 Å². The fourth-order valence-electron chi connectivity index (χ4n) is 3.37. The Bertz CT molecular complexity index is 728. The predicted molar refractivity (Wildman–Crippen MR) is 94.5 cm³/mol. The third kappa shape index (κ3) is 3.21. The van der Waals surface area contributed by atoms with E-state index in [0.29, 0.717) is 24.7 Å². The van der Waals surface area contributed by atoms with Crippen LogP contribution in [-0.4, -0.2) is 34.9 Å². The Hall–Kier alpha value is -1.79. The second-order valence-electron chi connectivity index (χ2n) is 6.34. The number of halogens is 1. The molecule has 0 saturated carbocycles. The quantitative estimate of drug-likeness (QED) is 0.925. The van der Waals surface area contributed by atoms with E-state index < -0.39 is 0 Å². The molecule has 0 bridgehead atoms. The number of nitrogens with two attached hydrogens (primary N) is 1. The van der Waals surface area contributed by atoms with Gasteiger partial charge >= 0.3 is 0 Å². The first-order valence-electron chi connectivity index (χ1n) is 8.25. The van der Waals surface area contributed by atoms with Gasteiger partial charge in [-0.15, -0.1) is 11.3 Å². The standard InChI is InChI=1S/C18H22FN3OS/c1-11-4-3-9-22(15(11)10-20)18(23)16-17(24-12(2)21-16)13-5-7-14(19)8-6-13/h5-8,11,15H,3-4,9-10,20H2,1-2H3/t11-,15?/m1/s1. The summed E-state index contributed by atoms with van der Waals surface area (Å²) < 4.78 is 13.2. The largest absolute Gasteiger partial charge is 0.333 e. The summed E-state index contributed by atoms with van der Waals surface area (Å²) in [5.41, 5.74) is 7.19. The molecule has 2 N–H and O–H groups in total. The summed E-state index contributed by atoms with van der Waals surface area (Å²) in [4.78, 5) is 20.3. The molecule has 1 fully saturated rings. The third-order valence-electron chi connectivity index (χ3n) is 4.66. The summed E-state index contributed by atoms with van der Waals surface area (Å²) >= 11 is 1.46. The number of thiazole rings is 1. The van der Waals surface area contributed by atoms with Gasteiger partial charge in [0.15, 0.2) is 0 Å². The number of hydrogen-bond donors (Lipinski definition) is 1. The van der Waals surface area contributed by atoms with Gasteiger partial charge in [0, 0.05) is 19.1 Å². The summed E-state index contributed by atoms with van der Waals surface area (Å²) in [6.45, 7) is 5.20. The van der Waals surface area contributed by atoms with Crippen LogP contribution in [0.4, 0.5) is 4.39 Å². The highest BCUT2D eigenvalue weighted by atomic mass is 32.1. The van der Waals surface area contributed by atoms with Crippen LogP contribution in [0.5, 0.6) is 0 Å². The Morgan fingerprint density at radius 3 is 2.79 bits per heavy atom. The SMILES string of the molecule is Cc1nc(C(=O)N2CCC[C@@H](C)C2CN)c(-c2ccc(F)cc2)s1. The van der Waals surface area contributed by atoms with Crippen LogP contribution < -0.4 is 5.73 Å². The molecular formula is C18H22FN3OS. The number of benzene rings is 1. The van der Waals surface area contributed by atoms with Crippen LogP contribution in [-0.2, 0) is 0 Å². The van der Waals surface area contributed by atoms with Crippen molar-refractivity contribution in [2.45, 2.75) is 32.7 Å². The first-order chi connectivity index (χ1) is 11.5. The zero-order chi connectivity index (χ0) is 17.3. The number of aryl methyl sites for hydroxylation is 1. The van der Waals surface area contributed by atoms with E-state index in [1.165, 1.54) is 23.5 Å². The van der Waals surface area contributed by atoms with Crippen LogP contribution in [0.1, 0.15) is 35.3 Å². The smallest absolute Gasteiger partial charge is 0.274 e. The molecule has 1 aliphatic heterocycles. The average Bonchev–Trinajstić information content (AvgIpc) is 2.96. The number of hydrogen-bond acceptors (Lipinski definition) is 4. The van der Waals surface area contributed by atoms with Gasteiger partial charge in [0.25, 0.3) is 5.91 Å². The molecule has 2 heterocycles. The minimum absolute atomic E-state index is 0.0503. The van der Waals surface area contributed by atoms with Crippen molar-refractivity contribution in [3.8, 4) is 10.4 Å². The van der Waals surface area contributed by atoms with Crippen LogP contribution in [0.2, 0.25) is 0 Å². The fraction of sp³-hybridized carbons (Fsp3) is 0.444. The monoisotopic (exact) mass is 347 g/mol. The Labute approximate surface area is 145 Å². The first-order valence-corrected chi connectivity index (χ1v) is 9.07. The molecule has 6 heteroatoms. The van der Waals surface area contributed by atoms with Crippen LogP contribution in [0.25, 0.3) is 10.4 Å². The van der Waals surface area contributed by atoms with Gasteiger partial charge in [0.05, 0.1) is 9.88 Å². The Morgan fingerprint density at radius 1 is 1.42 bits per heavy atom. The molecule has 3 rings (SSSR count). The predicted octanol–water partition coefficient (Wildman–Crippen LogP) is 3.46. The summed E-state index contributed by atoms with van der Waals surface area (Å²) in [5.74, 6) is 0.0308. The molecule has 128 valence electrons. The van der Waals surface area contributed by atoms with Crippen molar-refractivity contribution < 1.29 is 9.18 Å². The lowest BCUT2D eigenvalue weighted by molar-refractivity contribution is 0.0528. The van der Waals surface area contributed by atoms with E-state index in [-0.39, 0.29) is 17.8 Å². The highest BCUT2D eigenvalue weighted by molar-refractivity contribution is 7.15. The first kappa shape index (κ1) is 17.0. The molecule has 0 radical (unpaired) electrons. The number of carbonyl (C=O) groups is 1. The van der Waals surface area contributed by atoms with Gasteiger partial charge in [-0.25, -0.2) is 9.37 Å². The van der Waals surface area contributed by atoms with Crippen LogP contribution >= 0.6 is 11.3 Å². The van der Waals surface area contributed by atoms with Crippen LogP contribution in [0.3, 0.4) is 0 Å². The normalized spacial score (nSPS) is 21.1. The Kier molecular flexibility index (Phi) is 4.96. The van der Waals surface area contributed by atoms with E-state index in [4.69, 9.17) is 5.73 Å². The van der Waals surface area contributed by atoms with Gasteiger partial charge < -0.3 is 10.6 Å². The average molecular weight is 347 g/mol. The van der Waals surface area contributed by atoms with Crippen molar-refractivity contribution in [3.63, 3.8) is 0 Å². The zero-order valence-corrected chi connectivity index (χ0v) is 14.8. The number of likely N-dealkylation sites (tertiary alicyclic amines) is 1. The highest BCUT2D eigenvalue weighted by Crippen LogP contribution is 2.33. The number of piperidine rings is 1. The molecule has 1 aromatic carbocycles. The van der Waals surface area contributed by atoms with Crippen molar-refractivity contribution in [2.75, 3.05) is 13.1 Å². The number of aromatic nitrogens is 1. The summed E-state index contributed by atoms with van der Waals surface area (Å²) in [7, 11) is 0. The van der Waals surface area contributed by atoms with Gasteiger partial charge in [0.1, 0.15) is 11.5 Å². The fourth-order valence-corrected chi connectivity index (χ4v) is 4.28. The van der Waals surface area contributed by atoms with Crippen molar-refractivity contribution >= 4 is 17.2 Å². The van der Waals surface area contributed by atoms with Gasteiger partial charge in [-0.3, -0.25) is 4.79 Å². The molecule has 0 spiro atoms. The van der Waals surface area contributed by atoms with E-state index in [1.54, 1.807) is 12.1 Å². The van der Waals surface area contributed by atoms with E-state index >= 15 is 0 Å². The van der Waals surface area contributed by atoms with E-state index in [9.17, 15) is 9.18 Å². The third-order valence-corrected chi connectivity index (χ3v) is 5.68. The van der Waals surface area contributed by atoms with Crippen LogP contribution in [0, 0.1) is 18.7 Å². The van der Waals surface area contributed by atoms with Crippen LogP contribution in [0.15, 0.2) is 24.3 Å². The molecule has 24 heavy (non-hydrogen) atoms. The van der Waals surface area contributed by atoms with E-state index in [2.05, 4.69) is 11.9 Å². The Balaban J connectivity index is 1.97. The van der Waals surface area contributed by atoms with Crippen molar-refractivity contribution in [3.05, 3.63) is 40.8 Å². The number of nitrogens with zero attached hydrogens (tertiary/aromatic N) is 2. The number of carbonyl (C=O) groups excluding carboxylic acids is 1. The summed E-state index contributed by atoms with van der Waals surface area (Å²) in [6.07, 6.45) is 2.07. The van der Waals surface area contributed by atoms with Gasteiger partial charge in [-0.05, 0) is 43.4 Å². The van der Waals surface area contributed by atoms with Gasteiger partial charge in [0.2, 0.25) is 0 Å². The maximum Gasteiger partial charge on any atom is 0.274 e. The molecule has 4 nitrogen and oxygen atoms in total. The molecule has 2 atom stereocenters. The zero-order valence-electron chi connectivity index (χ0n) is 14.0. The van der Waals surface area contributed by atoms with Crippen molar-refractivity contribution in [1.29, 1.82) is 0 Å². The maximum absolute atomic E-state index is 13.2. The maximum atomic E-state index is 13.2. The topological polar surface area (TPSA) is 59.2 Å². The Morgan fingerprint density at radius 2 is 2.12 bits per heavy atom. The lowest BCUT2D eigenvalue weighted by atomic mass is 9.90. The molecule has 0 aliphatic carbocycles. The molecule has 1 aromatic heterocycles. The lowest BCUT2D eigenvalue weighted by Gasteiger charge is -2.39. The molecule has 1 aliphatic rings. The molecule has 1 unspecified atom stereocenters. The molecule has 2 aromatic rings. The molecule has 1 amide bonds. The van der Waals surface area contributed by atoms with Gasteiger partial charge in [-0.1, -0.05) is 19.1 Å². The van der Waals surface area contributed by atoms with Crippen molar-refractivity contribution in [1.82, 2.24) is 9.88 Å². The second kappa shape index (κ2) is 6.99. The van der Waals surface area contributed by atoms with Gasteiger partial charge in [-0.2, -0.15) is 0 Å². The van der Waals surface area contributed by atoms with E-state index in [1.807, 2.05) is 11.8 Å². The highest BCUT2D eigenvalue weighted by Gasteiger charge is 2.33. The number of rotatable bonds is 3. The molecule has 1 saturated heterocycles. The summed E-state index contributed by atoms with van der Waals surface area (Å²) in [5, 5.41) is 0.826. The minimum atomic E-state index is -0.291. The van der Waals surface area contributed by atoms with Crippen molar-refractivity contribution in [2.24, 2.45) is 11.7 Å². The number of amides is 1.